The highest BCUT2D eigenvalue weighted by molar-refractivity contribution is 5.76. The molecule has 0 amide bonds. The predicted octanol–water partition coefficient (Wildman–Crippen LogP) is 1.35. The maximum atomic E-state index is 9.31. The van der Waals surface area contributed by atoms with Crippen molar-refractivity contribution in [2.45, 2.75) is 32.4 Å². The van der Waals surface area contributed by atoms with Crippen molar-refractivity contribution in [1.82, 2.24) is 9.55 Å². The van der Waals surface area contributed by atoms with Gasteiger partial charge in [-0.05, 0) is 31.0 Å². The molecule has 0 aliphatic heterocycles. The van der Waals surface area contributed by atoms with E-state index < -0.39 is 0 Å². The fraction of sp³-hybridized carbons (Fsp3) is 0.462. The monoisotopic (exact) mass is 233 g/mol. The van der Waals surface area contributed by atoms with Crippen LogP contribution < -0.4 is 5.73 Å². The lowest BCUT2D eigenvalue weighted by Crippen LogP contribution is -2.05. The number of aromatic nitrogens is 2. The van der Waals surface area contributed by atoms with E-state index in [9.17, 15) is 5.11 Å². The van der Waals surface area contributed by atoms with E-state index in [2.05, 4.69) is 15.6 Å². The fourth-order valence-electron chi connectivity index (χ4n) is 1.98. The second-order valence-electron chi connectivity index (χ2n) is 4.50. The zero-order chi connectivity index (χ0) is 12.4. The quantitative estimate of drug-likeness (QED) is 0.837. The molecule has 0 aliphatic carbocycles. The van der Waals surface area contributed by atoms with Gasteiger partial charge in [0.05, 0.1) is 17.1 Å². The van der Waals surface area contributed by atoms with Crippen LogP contribution in [0.3, 0.4) is 0 Å². The summed E-state index contributed by atoms with van der Waals surface area (Å²) in [6, 6.07) is 6.11. The number of fused-ring (bicyclic) bond motifs is 1. The molecule has 3 N–H and O–H groups in total. The summed E-state index contributed by atoms with van der Waals surface area (Å²) in [5.74, 6) is 1.01. The average molecular weight is 233 g/mol. The molecule has 1 aromatic carbocycles. The largest absolute Gasteiger partial charge is 0.393 e. The number of imidazole rings is 1. The Hall–Kier alpha value is -1.39. The van der Waals surface area contributed by atoms with Gasteiger partial charge in [-0.2, -0.15) is 0 Å². The highest BCUT2D eigenvalue weighted by Crippen LogP contribution is 2.17. The maximum absolute atomic E-state index is 9.31. The Morgan fingerprint density at radius 1 is 1.47 bits per heavy atom. The standard InChI is InChI=1S/C13H19N3O/c1-9(17)3-6-13-15-11-7-10(8-14)4-5-12(11)16(13)2/h4-5,7,9,17H,3,6,8,14H2,1-2H3. The number of nitrogens with zero attached hydrogens (tertiary/aromatic N) is 2. The van der Waals surface area contributed by atoms with E-state index in [1.165, 1.54) is 0 Å². The van der Waals surface area contributed by atoms with E-state index in [0.29, 0.717) is 6.54 Å². The number of aliphatic hydroxyl groups excluding tert-OH is 1. The minimum absolute atomic E-state index is 0.283. The molecule has 0 spiro atoms. The maximum Gasteiger partial charge on any atom is 0.109 e. The zero-order valence-corrected chi connectivity index (χ0v) is 10.3. The molecule has 0 radical (unpaired) electrons. The number of nitrogens with two attached hydrogens (primary N) is 1. The lowest BCUT2D eigenvalue weighted by atomic mass is 10.2. The van der Waals surface area contributed by atoms with Gasteiger partial charge in [-0.15, -0.1) is 0 Å². The van der Waals surface area contributed by atoms with Crippen molar-refractivity contribution >= 4 is 11.0 Å². The molecular formula is C13H19N3O. The van der Waals surface area contributed by atoms with E-state index in [4.69, 9.17) is 5.73 Å². The first kappa shape index (κ1) is 12.1. The van der Waals surface area contributed by atoms with Crippen LogP contribution in [-0.4, -0.2) is 20.8 Å². The van der Waals surface area contributed by atoms with Gasteiger partial charge in [-0.1, -0.05) is 6.07 Å². The van der Waals surface area contributed by atoms with Gasteiger partial charge in [0.2, 0.25) is 0 Å². The minimum atomic E-state index is -0.283. The molecule has 2 rings (SSSR count). The second-order valence-corrected chi connectivity index (χ2v) is 4.50. The minimum Gasteiger partial charge on any atom is -0.393 e. The Morgan fingerprint density at radius 2 is 2.24 bits per heavy atom. The van der Waals surface area contributed by atoms with E-state index in [0.717, 1.165) is 35.3 Å². The fourth-order valence-corrected chi connectivity index (χ4v) is 1.98. The van der Waals surface area contributed by atoms with Crippen molar-refractivity contribution in [2.24, 2.45) is 12.8 Å². The van der Waals surface area contributed by atoms with Crippen LogP contribution in [0.25, 0.3) is 11.0 Å². The van der Waals surface area contributed by atoms with Crippen molar-refractivity contribution in [1.29, 1.82) is 0 Å². The number of hydrogen-bond donors (Lipinski definition) is 2. The number of benzene rings is 1. The Morgan fingerprint density at radius 3 is 2.88 bits per heavy atom. The van der Waals surface area contributed by atoms with Gasteiger partial charge in [0.15, 0.2) is 0 Å². The molecule has 1 unspecified atom stereocenters. The molecule has 4 heteroatoms. The van der Waals surface area contributed by atoms with Gasteiger partial charge < -0.3 is 15.4 Å². The molecule has 2 aromatic rings. The zero-order valence-electron chi connectivity index (χ0n) is 10.3. The Balaban J connectivity index is 2.34. The summed E-state index contributed by atoms with van der Waals surface area (Å²) in [5, 5.41) is 9.31. The van der Waals surface area contributed by atoms with E-state index in [1.807, 2.05) is 19.2 Å². The Labute approximate surface area is 101 Å². The lowest BCUT2D eigenvalue weighted by Gasteiger charge is -2.04. The van der Waals surface area contributed by atoms with Crippen LogP contribution in [0.1, 0.15) is 24.7 Å². The summed E-state index contributed by atoms with van der Waals surface area (Å²) in [7, 11) is 2.01. The Bertz CT molecular complexity index is 517. The summed E-state index contributed by atoms with van der Waals surface area (Å²) in [4.78, 5) is 4.59. The van der Waals surface area contributed by atoms with Crippen molar-refractivity contribution < 1.29 is 5.11 Å². The molecule has 0 aliphatic rings. The van der Waals surface area contributed by atoms with Crippen LogP contribution in [0.5, 0.6) is 0 Å². The summed E-state index contributed by atoms with van der Waals surface area (Å²) >= 11 is 0. The number of aliphatic hydroxyl groups is 1. The van der Waals surface area contributed by atoms with Gasteiger partial charge >= 0.3 is 0 Å². The first-order chi connectivity index (χ1) is 8.11. The summed E-state index contributed by atoms with van der Waals surface area (Å²) in [5.41, 5.74) is 8.81. The van der Waals surface area contributed by atoms with Crippen molar-refractivity contribution in [3.05, 3.63) is 29.6 Å². The average Bonchev–Trinajstić information content (AvgIpc) is 2.63. The number of rotatable bonds is 4. The van der Waals surface area contributed by atoms with Crippen molar-refractivity contribution in [2.75, 3.05) is 0 Å². The van der Waals surface area contributed by atoms with Crippen LogP contribution in [0, 0.1) is 0 Å². The summed E-state index contributed by atoms with van der Waals surface area (Å²) in [6.45, 7) is 2.34. The van der Waals surface area contributed by atoms with E-state index in [-0.39, 0.29) is 6.10 Å². The topological polar surface area (TPSA) is 64.1 Å². The molecule has 0 fully saturated rings. The third kappa shape index (κ3) is 2.48. The molecule has 1 aromatic heterocycles. The van der Waals surface area contributed by atoms with Gasteiger partial charge in [-0.25, -0.2) is 4.98 Å². The molecular weight excluding hydrogens is 214 g/mol. The first-order valence-electron chi connectivity index (χ1n) is 5.94. The third-order valence-corrected chi connectivity index (χ3v) is 3.06. The molecule has 92 valence electrons. The number of hydrogen-bond acceptors (Lipinski definition) is 3. The number of aryl methyl sites for hydroxylation is 2. The van der Waals surface area contributed by atoms with Crippen LogP contribution in [0.4, 0.5) is 0 Å². The molecule has 0 saturated heterocycles. The van der Waals surface area contributed by atoms with Gasteiger partial charge in [0.1, 0.15) is 5.82 Å². The van der Waals surface area contributed by atoms with Crippen molar-refractivity contribution in [3.8, 4) is 0 Å². The van der Waals surface area contributed by atoms with Gasteiger partial charge in [0.25, 0.3) is 0 Å². The summed E-state index contributed by atoms with van der Waals surface area (Å²) in [6.07, 6.45) is 1.25. The highest BCUT2D eigenvalue weighted by atomic mass is 16.3. The summed E-state index contributed by atoms with van der Waals surface area (Å²) < 4.78 is 2.08. The molecule has 1 heterocycles. The Kier molecular flexibility index (Phi) is 3.45. The molecule has 17 heavy (non-hydrogen) atoms. The van der Waals surface area contributed by atoms with E-state index >= 15 is 0 Å². The molecule has 4 nitrogen and oxygen atoms in total. The highest BCUT2D eigenvalue weighted by Gasteiger charge is 2.08. The second kappa shape index (κ2) is 4.85. The van der Waals surface area contributed by atoms with Crippen LogP contribution >= 0.6 is 0 Å². The molecule has 0 bridgehead atoms. The van der Waals surface area contributed by atoms with Crippen LogP contribution in [0.15, 0.2) is 18.2 Å². The predicted molar refractivity (Wildman–Crippen MR) is 68.6 cm³/mol. The van der Waals surface area contributed by atoms with Crippen molar-refractivity contribution in [3.63, 3.8) is 0 Å². The van der Waals surface area contributed by atoms with Gasteiger partial charge in [0, 0.05) is 20.0 Å². The normalized spacial score (nSPS) is 13.2. The SMILES string of the molecule is CC(O)CCc1nc2cc(CN)ccc2n1C. The van der Waals surface area contributed by atoms with Gasteiger partial charge in [-0.3, -0.25) is 0 Å². The van der Waals surface area contributed by atoms with Crippen LogP contribution in [0.2, 0.25) is 0 Å². The lowest BCUT2D eigenvalue weighted by molar-refractivity contribution is 0.184. The molecule has 1 atom stereocenters. The third-order valence-electron chi connectivity index (χ3n) is 3.06. The smallest absolute Gasteiger partial charge is 0.109 e. The molecule has 0 saturated carbocycles. The van der Waals surface area contributed by atoms with E-state index in [1.54, 1.807) is 6.92 Å². The first-order valence-corrected chi connectivity index (χ1v) is 5.94. The van der Waals surface area contributed by atoms with Crippen LogP contribution in [-0.2, 0) is 20.0 Å².